The van der Waals surface area contributed by atoms with Gasteiger partial charge in [0, 0.05) is 26.4 Å². The van der Waals surface area contributed by atoms with Crippen LogP contribution in [0.25, 0.3) is 5.69 Å². The van der Waals surface area contributed by atoms with Gasteiger partial charge in [-0.1, -0.05) is 0 Å². The van der Waals surface area contributed by atoms with E-state index in [2.05, 4.69) is 20.7 Å². The summed E-state index contributed by atoms with van der Waals surface area (Å²) >= 11 is 0. The summed E-state index contributed by atoms with van der Waals surface area (Å²) in [5, 5.41) is 11.1. The van der Waals surface area contributed by atoms with E-state index in [4.69, 9.17) is 9.47 Å². The molecule has 0 aliphatic heterocycles. The first-order chi connectivity index (χ1) is 11.7. The summed E-state index contributed by atoms with van der Waals surface area (Å²) in [6.45, 7) is 3.24. The lowest BCUT2D eigenvalue weighted by Crippen LogP contribution is -2.43. The standard InChI is InChI=1S/C17H25N5O2/c1-13(12-23-3)20-17(18-2)19-11-14-9-10-22(21-14)15-5-7-16(24-4)8-6-15/h5-10,13H,11-12H2,1-4H3,(H2,18,19,20). The highest BCUT2D eigenvalue weighted by molar-refractivity contribution is 5.79. The molecule has 1 aromatic heterocycles. The summed E-state index contributed by atoms with van der Waals surface area (Å²) in [6.07, 6.45) is 1.93. The van der Waals surface area contributed by atoms with Gasteiger partial charge in [-0.25, -0.2) is 4.68 Å². The molecule has 0 saturated heterocycles. The second kappa shape index (κ2) is 8.93. The molecule has 0 saturated carbocycles. The number of guanidine groups is 1. The molecule has 2 rings (SSSR count). The summed E-state index contributed by atoms with van der Waals surface area (Å²) in [4.78, 5) is 4.20. The molecule has 1 atom stereocenters. The van der Waals surface area contributed by atoms with Gasteiger partial charge in [-0.3, -0.25) is 4.99 Å². The maximum Gasteiger partial charge on any atom is 0.191 e. The topological polar surface area (TPSA) is 72.7 Å². The SMILES string of the molecule is CN=C(NCc1ccn(-c2ccc(OC)cc2)n1)NC(C)COC. The summed E-state index contributed by atoms with van der Waals surface area (Å²) in [7, 11) is 5.08. The fourth-order valence-corrected chi connectivity index (χ4v) is 2.23. The predicted molar refractivity (Wildman–Crippen MR) is 94.8 cm³/mol. The third-order valence-corrected chi connectivity index (χ3v) is 3.44. The molecule has 1 heterocycles. The minimum absolute atomic E-state index is 0.179. The van der Waals surface area contributed by atoms with Crippen molar-refractivity contribution >= 4 is 5.96 Å². The van der Waals surface area contributed by atoms with E-state index in [1.54, 1.807) is 21.3 Å². The second-order valence-corrected chi connectivity index (χ2v) is 5.38. The van der Waals surface area contributed by atoms with Gasteiger partial charge < -0.3 is 20.1 Å². The molecule has 2 N–H and O–H groups in total. The zero-order valence-corrected chi connectivity index (χ0v) is 14.6. The Hall–Kier alpha value is -2.54. The van der Waals surface area contributed by atoms with Crippen molar-refractivity contribution in [3.8, 4) is 11.4 Å². The Bertz CT molecular complexity index is 651. The lowest BCUT2D eigenvalue weighted by molar-refractivity contribution is 0.179. The monoisotopic (exact) mass is 331 g/mol. The summed E-state index contributed by atoms with van der Waals surface area (Å²) < 4.78 is 12.1. The smallest absolute Gasteiger partial charge is 0.191 e. The largest absolute Gasteiger partial charge is 0.497 e. The van der Waals surface area contributed by atoms with Crippen LogP contribution in [-0.4, -0.2) is 49.7 Å². The van der Waals surface area contributed by atoms with Crippen molar-refractivity contribution in [3.05, 3.63) is 42.2 Å². The fourth-order valence-electron chi connectivity index (χ4n) is 2.23. The molecule has 0 bridgehead atoms. The van der Waals surface area contributed by atoms with E-state index >= 15 is 0 Å². The maximum atomic E-state index is 5.17. The van der Waals surface area contributed by atoms with E-state index < -0.39 is 0 Å². The normalized spacial score (nSPS) is 12.8. The molecule has 0 fully saturated rings. The number of nitrogens with zero attached hydrogens (tertiary/aromatic N) is 3. The summed E-state index contributed by atoms with van der Waals surface area (Å²) in [5.74, 6) is 1.55. The highest BCUT2D eigenvalue weighted by Gasteiger charge is 2.06. The molecule has 0 aliphatic rings. The second-order valence-electron chi connectivity index (χ2n) is 5.38. The fraction of sp³-hybridized carbons (Fsp3) is 0.412. The Kier molecular flexibility index (Phi) is 6.62. The molecule has 24 heavy (non-hydrogen) atoms. The summed E-state index contributed by atoms with van der Waals surface area (Å²) in [5.41, 5.74) is 1.91. The van der Waals surface area contributed by atoms with Gasteiger partial charge in [0.25, 0.3) is 0 Å². The molecule has 7 heteroatoms. The zero-order chi connectivity index (χ0) is 17.4. The number of hydrogen-bond acceptors (Lipinski definition) is 4. The predicted octanol–water partition coefficient (Wildman–Crippen LogP) is 1.58. The van der Waals surface area contributed by atoms with Gasteiger partial charge in [-0.05, 0) is 37.3 Å². The minimum atomic E-state index is 0.179. The van der Waals surface area contributed by atoms with E-state index in [1.165, 1.54) is 0 Å². The number of benzene rings is 1. The number of rotatable bonds is 7. The van der Waals surface area contributed by atoms with E-state index in [0.717, 1.165) is 23.1 Å². The Morgan fingerprint density at radius 2 is 2.00 bits per heavy atom. The Morgan fingerprint density at radius 1 is 1.25 bits per heavy atom. The molecule has 1 unspecified atom stereocenters. The number of aromatic nitrogens is 2. The van der Waals surface area contributed by atoms with Gasteiger partial charge in [0.2, 0.25) is 0 Å². The molecular weight excluding hydrogens is 306 g/mol. The van der Waals surface area contributed by atoms with Crippen molar-refractivity contribution in [1.29, 1.82) is 0 Å². The first-order valence-electron chi connectivity index (χ1n) is 7.81. The average Bonchev–Trinajstić information content (AvgIpc) is 3.08. The molecule has 0 radical (unpaired) electrons. The lowest BCUT2D eigenvalue weighted by atomic mass is 10.3. The molecule has 0 aliphatic carbocycles. The number of ether oxygens (including phenoxy) is 2. The number of aliphatic imine (C=N–C) groups is 1. The van der Waals surface area contributed by atoms with E-state index in [9.17, 15) is 0 Å². The van der Waals surface area contributed by atoms with Crippen molar-refractivity contribution in [2.45, 2.75) is 19.5 Å². The number of nitrogens with one attached hydrogen (secondary N) is 2. The molecule has 2 aromatic rings. The van der Waals surface area contributed by atoms with Gasteiger partial charge >= 0.3 is 0 Å². The number of methoxy groups -OCH3 is 2. The van der Waals surface area contributed by atoms with Crippen LogP contribution >= 0.6 is 0 Å². The van der Waals surface area contributed by atoms with Gasteiger partial charge in [0.1, 0.15) is 5.75 Å². The third kappa shape index (κ3) is 4.99. The van der Waals surface area contributed by atoms with Gasteiger partial charge in [0.05, 0.1) is 31.6 Å². The molecule has 7 nitrogen and oxygen atoms in total. The van der Waals surface area contributed by atoms with Crippen molar-refractivity contribution in [1.82, 2.24) is 20.4 Å². The first-order valence-corrected chi connectivity index (χ1v) is 7.81. The van der Waals surface area contributed by atoms with Crippen LogP contribution in [0.15, 0.2) is 41.5 Å². The van der Waals surface area contributed by atoms with E-state index in [1.807, 2.05) is 48.1 Å². The third-order valence-electron chi connectivity index (χ3n) is 3.44. The van der Waals surface area contributed by atoms with Crippen molar-refractivity contribution in [3.63, 3.8) is 0 Å². The highest BCUT2D eigenvalue weighted by Crippen LogP contribution is 2.14. The van der Waals surface area contributed by atoms with E-state index in [-0.39, 0.29) is 6.04 Å². The molecule has 1 aromatic carbocycles. The van der Waals surface area contributed by atoms with Gasteiger partial charge in [0.15, 0.2) is 5.96 Å². The molecule has 130 valence electrons. The lowest BCUT2D eigenvalue weighted by Gasteiger charge is -2.16. The van der Waals surface area contributed by atoms with Gasteiger partial charge in [-0.15, -0.1) is 0 Å². The number of hydrogen-bond donors (Lipinski definition) is 2. The molecule has 0 spiro atoms. The van der Waals surface area contributed by atoms with Crippen LogP contribution in [0, 0.1) is 0 Å². The maximum absolute atomic E-state index is 5.17. The highest BCUT2D eigenvalue weighted by atomic mass is 16.5. The van der Waals surface area contributed by atoms with Crippen molar-refractivity contribution < 1.29 is 9.47 Å². The van der Waals surface area contributed by atoms with Crippen LogP contribution in [-0.2, 0) is 11.3 Å². The van der Waals surface area contributed by atoms with E-state index in [0.29, 0.717) is 13.2 Å². The van der Waals surface area contributed by atoms with Crippen molar-refractivity contribution in [2.75, 3.05) is 27.9 Å². The van der Waals surface area contributed by atoms with Crippen LogP contribution in [0.5, 0.6) is 5.75 Å². The van der Waals surface area contributed by atoms with Crippen LogP contribution in [0.4, 0.5) is 0 Å². The zero-order valence-electron chi connectivity index (χ0n) is 14.6. The van der Waals surface area contributed by atoms with Crippen LogP contribution in [0.1, 0.15) is 12.6 Å². The Labute approximate surface area is 142 Å². The average molecular weight is 331 g/mol. The Morgan fingerprint density at radius 3 is 2.62 bits per heavy atom. The van der Waals surface area contributed by atoms with Crippen LogP contribution in [0.2, 0.25) is 0 Å². The Balaban J connectivity index is 1.93. The molecule has 0 amide bonds. The summed E-state index contributed by atoms with van der Waals surface area (Å²) in [6, 6.07) is 9.92. The van der Waals surface area contributed by atoms with Crippen LogP contribution in [0.3, 0.4) is 0 Å². The minimum Gasteiger partial charge on any atom is -0.497 e. The quantitative estimate of drug-likeness (QED) is 0.595. The van der Waals surface area contributed by atoms with Crippen LogP contribution < -0.4 is 15.4 Å². The molecular formula is C17H25N5O2. The van der Waals surface area contributed by atoms with Crippen molar-refractivity contribution in [2.24, 2.45) is 4.99 Å². The van der Waals surface area contributed by atoms with Gasteiger partial charge in [-0.2, -0.15) is 5.10 Å². The first kappa shape index (κ1) is 17.8.